The Labute approximate surface area is 168 Å². The van der Waals surface area contributed by atoms with E-state index in [-0.39, 0.29) is 30.8 Å². The van der Waals surface area contributed by atoms with Gasteiger partial charge in [-0.05, 0) is 45.1 Å². The smallest absolute Gasteiger partial charge is 0.410 e. The molecule has 1 heterocycles. The number of likely N-dealkylation sites (tertiary alicyclic amines) is 1. The average Bonchev–Trinajstić information content (AvgIpc) is 3.07. The molecule has 1 aliphatic heterocycles. The lowest BCUT2D eigenvalue weighted by molar-refractivity contribution is -0.158. The maximum atomic E-state index is 12.6. The van der Waals surface area contributed by atoms with E-state index >= 15 is 0 Å². The van der Waals surface area contributed by atoms with Crippen LogP contribution in [0.3, 0.4) is 0 Å². The van der Waals surface area contributed by atoms with E-state index in [1.807, 2.05) is 51.1 Å². The van der Waals surface area contributed by atoms with Gasteiger partial charge in [0, 0.05) is 19.1 Å². The van der Waals surface area contributed by atoms with E-state index < -0.39 is 5.60 Å². The second-order valence-corrected chi connectivity index (χ2v) is 8.85. The van der Waals surface area contributed by atoms with Crippen molar-refractivity contribution in [2.24, 2.45) is 5.92 Å². The van der Waals surface area contributed by atoms with Crippen molar-refractivity contribution in [3.63, 3.8) is 0 Å². The van der Waals surface area contributed by atoms with Crippen molar-refractivity contribution in [3.05, 3.63) is 35.9 Å². The standard InChI is InChI=1S/C22H34N2O4/c1-16(2)13-19(20(25)28-22(3,4)5)23-18-11-12-24(14-18)21(26)27-15-17-9-7-6-8-10-17/h6-10,16,18-19,23H,11-15H2,1-5H3/t18-,19-/m0/s1. The molecule has 2 atom stereocenters. The van der Waals surface area contributed by atoms with Gasteiger partial charge in [0.05, 0.1) is 0 Å². The highest BCUT2D eigenvalue weighted by molar-refractivity contribution is 5.76. The fraction of sp³-hybridized carbons (Fsp3) is 0.636. The molecule has 1 amide bonds. The van der Waals surface area contributed by atoms with E-state index in [0.717, 1.165) is 12.0 Å². The fourth-order valence-electron chi connectivity index (χ4n) is 3.23. The van der Waals surface area contributed by atoms with Gasteiger partial charge in [-0.1, -0.05) is 44.2 Å². The van der Waals surface area contributed by atoms with Crippen molar-refractivity contribution in [2.75, 3.05) is 13.1 Å². The van der Waals surface area contributed by atoms with Gasteiger partial charge >= 0.3 is 12.1 Å². The van der Waals surface area contributed by atoms with Crippen molar-refractivity contribution >= 4 is 12.1 Å². The van der Waals surface area contributed by atoms with Gasteiger partial charge < -0.3 is 14.4 Å². The highest BCUT2D eigenvalue weighted by Gasteiger charge is 2.32. The van der Waals surface area contributed by atoms with Crippen LogP contribution in [0.4, 0.5) is 4.79 Å². The molecule has 1 N–H and O–H groups in total. The lowest BCUT2D eigenvalue weighted by Crippen LogP contribution is -2.47. The summed E-state index contributed by atoms with van der Waals surface area (Å²) in [6.07, 6.45) is 1.17. The molecule has 6 nitrogen and oxygen atoms in total. The predicted octanol–water partition coefficient (Wildman–Crippen LogP) is 3.74. The number of nitrogens with one attached hydrogen (secondary N) is 1. The molecule has 156 valence electrons. The molecule has 1 fully saturated rings. The van der Waals surface area contributed by atoms with Crippen LogP contribution in [-0.2, 0) is 20.9 Å². The Morgan fingerprint density at radius 1 is 1.21 bits per heavy atom. The summed E-state index contributed by atoms with van der Waals surface area (Å²) in [6.45, 7) is 11.2. The van der Waals surface area contributed by atoms with Crippen molar-refractivity contribution in [2.45, 2.75) is 71.8 Å². The van der Waals surface area contributed by atoms with Crippen LogP contribution in [0, 0.1) is 5.92 Å². The number of carbonyl (C=O) groups is 2. The first kappa shape index (κ1) is 22.2. The summed E-state index contributed by atoms with van der Waals surface area (Å²) in [5.74, 6) is 0.129. The third-order valence-electron chi connectivity index (χ3n) is 4.49. The molecule has 0 radical (unpaired) electrons. The number of rotatable bonds is 7. The highest BCUT2D eigenvalue weighted by Crippen LogP contribution is 2.17. The van der Waals surface area contributed by atoms with Gasteiger partial charge in [0.15, 0.2) is 0 Å². The van der Waals surface area contributed by atoms with Crippen LogP contribution in [0.5, 0.6) is 0 Å². The molecule has 0 saturated carbocycles. The number of hydrogen-bond donors (Lipinski definition) is 1. The lowest BCUT2D eigenvalue weighted by Gasteiger charge is -2.27. The molecular formula is C22H34N2O4. The molecule has 1 aromatic carbocycles. The number of carbonyl (C=O) groups excluding carboxylic acids is 2. The summed E-state index contributed by atoms with van der Waals surface area (Å²) >= 11 is 0. The monoisotopic (exact) mass is 390 g/mol. The van der Waals surface area contributed by atoms with Crippen LogP contribution in [-0.4, -0.2) is 47.7 Å². The SMILES string of the molecule is CC(C)C[C@H](N[C@H]1CCN(C(=O)OCc2ccccc2)C1)C(=O)OC(C)(C)C. The molecule has 0 aliphatic carbocycles. The zero-order valence-electron chi connectivity index (χ0n) is 17.7. The summed E-state index contributed by atoms with van der Waals surface area (Å²) < 4.78 is 11.0. The molecule has 2 rings (SSSR count). The van der Waals surface area contributed by atoms with Gasteiger partial charge in [-0.15, -0.1) is 0 Å². The van der Waals surface area contributed by atoms with Crippen LogP contribution in [0.1, 0.15) is 53.0 Å². The fourth-order valence-corrected chi connectivity index (χ4v) is 3.23. The van der Waals surface area contributed by atoms with Crippen LogP contribution in [0.15, 0.2) is 30.3 Å². The van der Waals surface area contributed by atoms with Gasteiger partial charge in [-0.3, -0.25) is 10.1 Å². The molecule has 0 unspecified atom stereocenters. The van der Waals surface area contributed by atoms with E-state index in [0.29, 0.717) is 25.4 Å². The van der Waals surface area contributed by atoms with Gasteiger partial charge in [0.2, 0.25) is 0 Å². The van der Waals surface area contributed by atoms with Crippen LogP contribution >= 0.6 is 0 Å². The Bertz CT molecular complexity index is 640. The van der Waals surface area contributed by atoms with E-state index in [1.54, 1.807) is 4.90 Å². The molecule has 28 heavy (non-hydrogen) atoms. The Balaban J connectivity index is 1.86. The molecule has 0 bridgehead atoms. The van der Waals surface area contributed by atoms with Crippen molar-refractivity contribution in [3.8, 4) is 0 Å². The number of esters is 1. The zero-order chi connectivity index (χ0) is 20.7. The van der Waals surface area contributed by atoms with Crippen molar-refractivity contribution < 1.29 is 19.1 Å². The summed E-state index contributed by atoms with van der Waals surface area (Å²) in [7, 11) is 0. The quantitative estimate of drug-likeness (QED) is 0.718. The summed E-state index contributed by atoms with van der Waals surface area (Å²) in [4.78, 5) is 26.6. The third kappa shape index (κ3) is 7.50. The Morgan fingerprint density at radius 3 is 2.50 bits per heavy atom. The van der Waals surface area contributed by atoms with Crippen molar-refractivity contribution in [1.82, 2.24) is 10.2 Å². The van der Waals surface area contributed by atoms with Crippen LogP contribution in [0.2, 0.25) is 0 Å². The second kappa shape index (κ2) is 9.92. The largest absolute Gasteiger partial charge is 0.459 e. The van der Waals surface area contributed by atoms with E-state index in [9.17, 15) is 9.59 Å². The highest BCUT2D eigenvalue weighted by atomic mass is 16.6. The van der Waals surface area contributed by atoms with Gasteiger partial charge in [0.1, 0.15) is 18.2 Å². The van der Waals surface area contributed by atoms with Crippen molar-refractivity contribution in [1.29, 1.82) is 0 Å². The first-order valence-electron chi connectivity index (χ1n) is 10.1. The molecule has 1 aliphatic rings. The number of benzene rings is 1. The molecule has 1 aromatic rings. The topological polar surface area (TPSA) is 67.9 Å². The Morgan fingerprint density at radius 2 is 1.89 bits per heavy atom. The van der Waals surface area contributed by atoms with Crippen LogP contribution < -0.4 is 5.32 Å². The number of ether oxygens (including phenoxy) is 2. The molecular weight excluding hydrogens is 356 g/mol. The first-order chi connectivity index (χ1) is 13.1. The number of hydrogen-bond acceptors (Lipinski definition) is 5. The summed E-state index contributed by atoms with van der Waals surface area (Å²) in [5.41, 5.74) is 0.448. The maximum absolute atomic E-state index is 12.6. The maximum Gasteiger partial charge on any atom is 0.410 e. The first-order valence-corrected chi connectivity index (χ1v) is 10.1. The second-order valence-electron chi connectivity index (χ2n) is 8.85. The van der Waals surface area contributed by atoms with Gasteiger partial charge in [-0.2, -0.15) is 0 Å². The zero-order valence-corrected chi connectivity index (χ0v) is 17.7. The summed E-state index contributed by atoms with van der Waals surface area (Å²) in [5, 5.41) is 3.40. The Hall–Kier alpha value is -2.08. The molecule has 0 spiro atoms. The summed E-state index contributed by atoms with van der Waals surface area (Å²) in [6, 6.07) is 9.32. The minimum atomic E-state index is -0.517. The third-order valence-corrected chi connectivity index (χ3v) is 4.49. The van der Waals surface area contributed by atoms with E-state index in [4.69, 9.17) is 9.47 Å². The van der Waals surface area contributed by atoms with Gasteiger partial charge in [0.25, 0.3) is 0 Å². The lowest BCUT2D eigenvalue weighted by atomic mass is 10.0. The number of nitrogens with zero attached hydrogens (tertiary/aromatic N) is 1. The molecule has 1 saturated heterocycles. The molecule has 0 aromatic heterocycles. The minimum Gasteiger partial charge on any atom is -0.459 e. The normalized spacial score (nSPS) is 18.2. The average molecular weight is 391 g/mol. The predicted molar refractivity (Wildman–Crippen MR) is 109 cm³/mol. The van der Waals surface area contributed by atoms with Crippen LogP contribution in [0.25, 0.3) is 0 Å². The Kier molecular flexibility index (Phi) is 7.87. The van der Waals surface area contributed by atoms with E-state index in [2.05, 4.69) is 19.2 Å². The number of amides is 1. The molecule has 6 heteroatoms. The van der Waals surface area contributed by atoms with E-state index in [1.165, 1.54) is 0 Å². The minimum absolute atomic E-state index is 0.0561. The van der Waals surface area contributed by atoms with Gasteiger partial charge in [-0.25, -0.2) is 4.79 Å².